The molecule has 1 aromatic carbocycles. The molecule has 1 saturated heterocycles. The first-order valence-corrected chi connectivity index (χ1v) is 9.27. The van der Waals surface area contributed by atoms with E-state index in [1.165, 1.54) is 0 Å². The van der Waals surface area contributed by atoms with Crippen molar-refractivity contribution in [2.24, 2.45) is 0 Å². The smallest absolute Gasteiger partial charge is 0.274 e. The molecule has 1 aliphatic rings. The van der Waals surface area contributed by atoms with Crippen molar-refractivity contribution in [3.05, 3.63) is 72.3 Å². The van der Waals surface area contributed by atoms with Crippen molar-refractivity contribution in [3.63, 3.8) is 0 Å². The summed E-state index contributed by atoms with van der Waals surface area (Å²) in [5.74, 6) is 0.465. The largest absolute Gasteiger partial charge is 0.367 e. The van der Waals surface area contributed by atoms with Crippen molar-refractivity contribution >= 4 is 23.2 Å². The van der Waals surface area contributed by atoms with E-state index in [-0.39, 0.29) is 5.91 Å². The second-order valence-electron chi connectivity index (χ2n) is 6.57. The minimum Gasteiger partial charge on any atom is -0.367 e. The number of piperazine rings is 1. The molecule has 4 rings (SSSR count). The molecule has 0 atom stereocenters. The second kappa shape index (κ2) is 8.35. The Labute approximate surface area is 168 Å². The molecule has 29 heavy (non-hydrogen) atoms. The Bertz CT molecular complexity index is 1010. The standard InChI is InChI=1S/C21H19N7O/c22-14-16-2-4-17(5-3-16)26-20(29)19-7-6-18(15-25-19)27-10-12-28(13-11-27)21-23-8-1-9-24-21/h1-9,15H,10-13H2,(H,26,29). The van der Waals surface area contributed by atoms with Gasteiger partial charge in [0.05, 0.1) is 23.5 Å². The Balaban J connectivity index is 1.35. The van der Waals surface area contributed by atoms with E-state index in [1.807, 2.05) is 18.2 Å². The van der Waals surface area contributed by atoms with Gasteiger partial charge in [0.1, 0.15) is 5.69 Å². The summed E-state index contributed by atoms with van der Waals surface area (Å²) in [7, 11) is 0. The molecule has 144 valence electrons. The van der Waals surface area contributed by atoms with E-state index in [2.05, 4.69) is 30.1 Å². The molecule has 0 aliphatic carbocycles. The molecule has 1 N–H and O–H groups in total. The number of hydrogen-bond donors (Lipinski definition) is 1. The third kappa shape index (κ3) is 4.30. The number of amides is 1. The molecule has 0 bridgehead atoms. The predicted octanol–water partition coefficient (Wildman–Crippen LogP) is 2.32. The number of carbonyl (C=O) groups excluding carboxylic acids is 1. The van der Waals surface area contributed by atoms with Crippen molar-refractivity contribution in [1.82, 2.24) is 15.0 Å². The molecular weight excluding hydrogens is 366 g/mol. The Morgan fingerprint density at radius 1 is 0.931 bits per heavy atom. The summed E-state index contributed by atoms with van der Waals surface area (Å²) in [4.78, 5) is 29.7. The summed E-state index contributed by atoms with van der Waals surface area (Å²) < 4.78 is 0. The van der Waals surface area contributed by atoms with Crippen LogP contribution in [0.3, 0.4) is 0 Å². The lowest BCUT2D eigenvalue weighted by atomic mass is 10.2. The first-order chi connectivity index (χ1) is 14.2. The van der Waals surface area contributed by atoms with Crippen LogP contribution < -0.4 is 15.1 Å². The summed E-state index contributed by atoms with van der Waals surface area (Å²) in [6.45, 7) is 3.31. The normalized spacial score (nSPS) is 13.6. The summed E-state index contributed by atoms with van der Waals surface area (Å²) in [5, 5.41) is 11.6. The zero-order valence-electron chi connectivity index (χ0n) is 15.7. The van der Waals surface area contributed by atoms with Gasteiger partial charge in [0, 0.05) is 44.3 Å². The number of benzene rings is 1. The SMILES string of the molecule is N#Cc1ccc(NC(=O)c2ccc(N3CCN(c4ncccn4)CC3)cn2)cc1. The van der Waals surface area contributed by atoms with Crippen LogP contribution in [0.2, 0.25) is 0 Å². The van der Waals surface area contributed by atoms with Crippen molar-refractivity contribution in [2.45, 2.75) is 0 Å². The van der Waals surface area contributed by atoms with E-state index in [9.17, 15) is 4.79 Å². The first kappa shape index (κ1) is 18.4. The van der Waals surface area contributed by atoms with Crippen molar-refractivity contribution in [3.8, 4) is 6.07 Å². The Morgan fingerprint density at radius 3 is 2.24 bits per heavy atom. The van der Waals surface area contributed by atoms with Gasteiger partial charge in [0.15, 0.2) is 0 Å². The monoisotopic (exact) mass is 385 g/mol. The third-order valence-electron chi connectivity index (χ3n) is 4.73. The fourth-order valence-corrected chi connectivity index (χ4v) is 3.15. The van der Waals surface area contributed by atoms with Gasteiger partial charge in [-0.2, -0.15) is 5.26 Å². The second-order valence-corrected chi connectivity index (χ2v) is 6.57. The molecule has 1 amide bonds. The van der Waals surface area contributed by atoms with Gasteiger partial charge in [-0.1, -0.05) is 0 Å². The molecule has 0 spiro atoms. The lowest BCUT2D eigenvalue weighted by Crippen LogP contribution is -2.47. The Hall–Kier alpha value is -3.99. The fourth-order valence-electron chi connectivity index (χ4n) is 3.15. The number of nitriles is 1. The molecule has 8 nitrogen and oxygen atoms in total. The Kier molecular flexibility index (Phi) is 5.29. The molecule has 1 fully saturated rings. The van der Waals surface area contributed by atoms with E-state index >= 15 is 0 Å². The first-order valence-electron chi connectivity index (χ1n) is 9.27. The zero-order chi connectivity index (χ0) is 20.1. The van der Waals surface area contributed by atoms with Crippen LogP contribution in [-0.4, -0.2) is 47.0 Å². The number of pyridine rings is 1. The molecule has 3 heterocycles. The minimum absolute atomic E-state index is 0.285. The van der Waals surface area contributed by atoms with Crippen LogP contribution in [0, 0.1) is 11.3 Å². The minimum atomic E-state index is -0.285. The Morgan fingerprint density at radius 2 is 1.62 bits per heavy atom. The van der Waals surface area contributed by atoms with Crippen molar-refractivity contribution < 1.29 is 4.79 Å². The van der Waals surface area contributed by atoms with Gasteiger partial charge in [-0.25, -0.2) is 15.0 Å². The summed E-state index contributed by atoms with van der Waals surface area (Å²) in [5.41, 5.74) is 2.49. The molecule has 1 aliphatic heterocycles. The van der Waals surface area contributed by atoms with E-state index < -0.39 is 0 Å². The van der Waals surface area contributed by atoms with Crippen molar-refractivity contribution in [2.75, 3.05) is 41.3 Å². The van der Waals surface area contributed by atoms with Crippen LogP contribution in [0.1, 0.15) is 16.1 Å². The summed E-state index contributed by atoms with van der Waals surface area (Å²) >= 11 is 0. The van der Waals surface area contributed by atoms with Crippen LogP contribution in [0.15, 0.2) is 61.1 Å². The maximum atomic E-state index is 12.4. The van der Waals surface area contributed by atoms with Gasteiger partial charge in [0.25, 0.3) is 5.91 Å². The van der Waals surface area contributed by atoms with Gasteiger partial charge in [-0.15, -0.1) is 0 Å². The lowest BCUT2D eigenvalue weighted by molar-refractivity contribution is 0.102. The molecular formula is C21H19N7O. The zero-order valence-corrected chi connectivity index (χ0v) is 15.7. The number of anilines is 3. The highest BCUT2D eigenvalue weighted by Gasteiger charge is 2.19. The quantitative estimate of drug-likeness (QED) is 0.736. The number of nitrogens with one attached hydrogen (secondary N) is 1. The van der Waals surface area contributed by atoms with E-state index in [1.54, 1.807) is 48.9 Å². The van der Waals surface area contributed by atoms with Crippen LogP contribution >= 0.6 is 0 Å². The van der Waals surface area contributed by atoms with Crippen LogP contribution in [0.5, 0.6) is 0 Å². The number of rotatable bonds is 4. The maximum Gasteiger partial charge on any atom is 0.274 e. The maximum absolute atomic E-state index is 12.4. The highest BCUT2D eigenvalue weighted by atomic mass is 16.1. The van der Waals surface area contributed by atoms with Crippen LogP contribution in [-0.2, 0) is 0 Å². The van der Waals surface area contributed by atoms with Gasteiger partial charge in [0.2, 0.25) is 5.95 Å². The number of aromatic nitrogens is 3. The van der Waals surface area contributed by atoms with Crippen LogP contribution in [0.4, 0.5) is 17.3 Å². The van der Waals surface area contributed by atoms with Crippen molar-refractivity contribution in [1.29, 1.82) is 5.26 Å². The highest BCUT2D eigenvalue weighted by molar-refractivity contribution is 6.02. The summed E-state index contributed by atoms with van der Waals surface area (Å²) in [6.07, 6.45) is 5.23. The van der Waals surface area contributed by atoms with Gasteiger partial charge < -0.3 is 15.1 Å². The molecule has 2 aromatic heterocycles. The van der Waals surface area contributed by atoms with Gasteiger partial charge in [-0.3, -0.25) is 4.79 Å². The lowest BCUT2D eigenvalue weighted by Gasteiger charge is -2.35. The number of nitrogens with zero attached hydrogens (tertiary/aromatic N) is 6. The molecule has 0 saturated carbocycles. The van der Waals surface area contributed by atoms with Crippen LogP contribution in [0.25, 0.3) is 0 Å². The van der Waals surface area contributed by atoms with Gasteiger partial charge >= 0.3 is 0 Å². The van der Waals surface area contributed by atoms with E-state index in [4.69, 9.17) is 5.26 Å². The third-order valence-corrected chi connectivity index (χ3v) is 4.73. The topological polar surface area (TPSA) is 98.0 Å². The fraction of sp³-hybridized carbons (Fsp3) is 0.190. The highest BCUT2D eigenvalue weighted by Crippen LogP contribution is 2.18. The predicted molar refractivity (Wildman–Crippen MR) is 110 cm³/mol. The molecule has 8 heteroatoms. The molecule has 0 radical (unpaired) electrons. The molecule has 0 unspecified atom stereocenters. The van der Waals surface area contributed by atoms with E-state index in [0.29, 0.717) is 16.9 Å². The molecule has 3 aromatic rings. The average Bonchev–Trinajstić information content (AvgIpc) is 2.80. The van der Waals surface area contributed by atoms with Gasteiger partial charge in [-0.05, 0) is 42.5 Å². The average molecular weight is 385 g/mol. The van der Waals surface area contributed by atoms with E-state index in [0.717, 1.165) is 37.8 Å². The number of carbonyl (C=O) groups is 1. The number of hydrogen-bond acceptors (Lipinski definition) is 7. The summed E-state index contributed by atoms with van der Waals surface area (Å²) in [6, 6.07) is 14.2.